The normalized spacial score (nSPS) is 14.5. The molecule has 0 atom stereocenters. The number of carbonyl (C=O) groups is 3. The van der Waals surface area contributed by atoms with Crippen LogP contribution in [0.3, 0.4) is 0 Å². The molecule has 12 heteroatoms. The van der Waals surface area contributed by atoms with Gasteiger partial charge in [-0.1, -0.05) is 0 Å². The SMILES string of the molecule is CCOC(=O)c1cnn(C2CCN(CCOCCOCCNC(=O)OC(C)(C)C)CC2)c1.O=CO. The van der Waals surface area contributed by atoms with Crippen LogP contribution in [0.5, 0.6) is 0 Å². The second-order valence-corrected chi connectivity index (χ2v) is 8.76. The summed E-state index contributed by atoms with van der Waals surface area (Å²) in [5, 5.41) is 13.9. The molecule has 1 aliphatic rings. The highest BCUT2D eigenvalue weighted by Crippen LogP contribution is 2.22. The number of nitrogens with one attached hydrogen (secondary N) is 1. The van der Waals surface area contributed by atoms with Crippen molar-refractivity contribution in [1.82, 2.24) is 20.0 Å². The lowest BCUT2D eigenvalue weighted by Crippen LogP contribution is -2.37. The van der Waals surface area contributed by atoms with E-state index in [0.717, 1.165) is 32.5 Å². The summed E-state index contributed by atoms with van der Waals surface area (Å²) in [6.07, 6.45) is 4.89. The lowest BCUT2D eigenvalue weighted by molar-refractivity contribution is -0.122. The van der Waals surface area contributed by atoms with Gasteiger partial charge in [0.25, 0.3) is 6.47 Å². The summed E-state index contributed by atoms with van der Waals surface area (Å²) in [6, 6.07) is 0.304. The second kappa shape index (κ2) is 16.8. The smallest absolute Gasteiger partial charge is 0.407 e. The number of likely N-dealkylation sites (tertiary alicyclic amines) is 1. The number of ether oxygens (including phenoxy) is 4. The Hall–Kier alpha value is -2.70. The number of hydrogen-bond acceptors (Lipinski definition) is 9. The van der Waals surface area contributed by atoms with E-state index in [1.165, 1.54) is 0 Å². The molecule has 1 aromatic rings. The van der Waals surface area contributed by atoms with E-state index in [9.17, 15) is 9.59 Å². The van der Waals surface area contributed by atoms with E-state index < -0.39 is 11.7 Å². The van der Waals surface area contributed by atoms with Crippen molar-refractivity contribution in [3.8, 4) is 0 Å². The number of rotatable bonds is 12. The standard InChI is InChI=1S/C22H38N4O6.CH2O2/c1-5-31-20(27)18-16-24-26(17-18)19-6-9-25(10-7-19)11-13-30-15-14-29-12-8-23-21(28)32-22(2,3)4;2-1-3/h16-17,19H,5-15H2,1-4H3,(H,23,28);1H,(H,2,3). The molecule has 1 amide bonds. The number of alkyl carbamates (subject to hydrolysis) is 1. The van der Waals surface area contributed by atoms with Crippen LogP contribution in [0.25, 0.3) is 0 Å². The highest BCUT2D eigenvalue weighted by atomic mass is 16.6. The molecule has 2 heterocycles. The largest absolute Gasteiger partial charge is 0.483 e. The van der Waals surface area contributed by atoms with Gasteiger partial charge in [0.1, 0.15) is 5.60 Å². The molecule has 2 rings (SSSR count). The van der Waals surface area contributed by atoms with Gasteiger partial charge in [0.2, 0.25) is 0 Å². The van der Waals surface area contributed by atoms with Crippen molar-refractivity contribution in [2.24, 2.45) is 0 Å². The maximum absolute atomic E-state index is 11.8. The minimum Gasteiger partial charge on any atom is -0.483 e. The van der Waals surface area contributed by atoms with E-state index in [1.54, 1.807) is 19.3 Å². The van der Waals surface area contributed by atoms with Crippen molar-refractivity contribution < 1.29 is 38.4 Å². The summed E-state index contributed by atoms with van der Waals surface area (Å²) in [4.78, 5) is 34.0. The third kappa shape index (κ3) is 13.7. The Labute approximate surface area is 206 Å². The number of nitrogens with zero attached hydrogens (tertiary/aromatic N) is 3. The van der Waals surface area contributed by atoms with Crippen molar-refractivity contribution in [2.75, 3.05) is 59.2 Å². The first-order chi connectivity index (χ1) is 16.7. The van der Waals surface area contributed by atoms with Gasteiger partial charge in [0, 0.05) is 32.4 Å². The average molecular weight is 501 g/mol. The molecule has 0 bridgehead atoms. The minimum absolute atomic E-state index is 0.250. The van der Waals surface area contributed by atoms with Crippen molar-refractivity contribution in [3.05, 3.63) is 18.0 Å². The number of hydrogen-bond donors (Lipinski definition) is 2. The first kappa shape index (κ1) is 30.3. The Bertz CT molecular complexity index is 742. The Morgan fingerprint density at radius 1 is 1.17 bits per heavy atom. The highest BCUT2D eigenvalue weighted by molar-refractivity contribution is 5.88. The van der Waals surface area contributed by atoms with Crippen LogP contribution in [0.4, 0.5) is 4.79 Å². The molecule has 1 aliphatic heterocycles. The number of carboxylic acid groups (broad SMARTS) is 1. The molecule has 0 unspecified atom stereocenters. The predicted octanol–water partition coefficient (Wildman–Crippen LogP) is 1.96. The van der Waals surface area contributed by atoms with Crippen LogP contribution in [-0.2, 0) is 23.7 Å². The van der Waals surface area contributed by atoms with E-state index in [4.69, 9.17) is 28.8 Å². The second-order valence-electron chi connectivity index (χ2n) is 8.76. The van der Waals surface area contributed by atoms with E-state index in [-0.39, 0.29) is 12.4 Å². The summed E-state index contributed by atoms with van der Waals surface area (Å²) in [5.41, 5.74) is 0.00596. The molecule has 0 spiro atoms. The number of aromatic nitrogens is 2. The molecular formula is C23H40N4O8. The van der Waals surface area contributed by atoms with Gasteiger partial charge >= 0.3 is 12.1 Å². The van der Waals surface area contributed by atoms with Gasteiger partial charge in [-0.15, -0.1) is 0 Å². The van der Waals surface area contributed by atoms with Gasteiger partial charge in [-0.25, -0.2) is 9.59 Å². The average Bonchev–Trinajstić information content (AvgIpc) is 3.28. The summed E-state index contributed by atoms with van der Waals surface area (Å²) in [5.74, 6) is -0.323. The molecule has 0 saturated carbocycles. The van der Waals surface area contributed by atoms with Gasteiger partial charge in [0.05, 0.1) is 50.8 Å². The fraction of sp³-hybridized carbons (Fsp3) is 0.739. The summed E-state index contributed by atoms with van der Waals surface area (Å²) < 4.78 is 23.1. The fourth-order valence-electron chi connectivity index (χ4n) is 3.32. The first-order valence-electron chi connectivity index (χ1n) is 11.8. The van der Waals surface area contributed by atoms with E-state index in [1.807, 2.05) is 25.5 Å². The highest BCUT2D eigenvalue weighted by Gasteiger charge is 2.22. The predicted molar refractivity (Wildman–Crippen MR) is 127 cm³/mol. The first-order valence-corrected chi connectivity index (χ1v) is 11.8. The zero-order valence-electron chi connectivity index (χ0n) is 21.2. The summed E-state index contributed by atoms with van der Waals surface area (Å²) >= 11 is 0. The number of piperidine rings is 1. The molecule has 1 fully saturated rings. The van der Waals surface area contributed by atoms with Crippen molar-refractivity contribution in [1.29, 1.82) is 0 Å². The van der Waals surface area contributed by atoms with E-state index in [0.29, 0.717) is 51.2 Å². The minimum atomic E-state index is -0.499. The van der Waals surface area contributed by atoms with Crippen LogP contribution in [0, 0.1) is 0 Å². The summed E-state index contributed by atoms with van der Waals surface area (Å²) in [7, 11) is 0. The van der Waals surface area contributed by atoms with Gasteiger partial charge in [0.15, 0.2) is 0 Å². The van der Waals surface area contributed by atoms with Crippen molar-refractivity contribution >= 4 is 18.5 Å². The Morgan fingerprint density at radius 2 is 1.80 bits per heavy atom. The Kier molecular flexibility index (Phi) is 14.6. The molecule has 0 aromatic carbocycles. The van der Waals surface area contributed by atoms with Crippen molar-refractivity contribution in [2.45, 2.75) is 52.2 Å². The molecule has 1 saturated heterocycles. The van der Waals surface area contributed by atoms with Crippen LogP contribution in [-0.4, -0.2) is 103 Å². The monoisotopic (exact) mass is 500 g/mol. The lowest BCUT2D eigenvalue weighted by Gasteiger charge is -2.31. The molecule has 1 aromatic heterocycles. The number of amides is 1. The zero-order chi connectivity index (χ0) is 26.1. The van der Waals surface area contributed by atoms with Gasteiger partial charge in [-0.05, 0) is 40.5 Å². The van der Waals surface area contributed by atoms with Crippen molar-refractivity contribution in [3.63, 3.8) is 0 Å². The molecule has 0 radical (unpaired) electrons. The molecule has 0 aliphatic carbocycles. The number of carbonyl (C=O) groups excluding carboxylic acids is 2. The topological polar surface area (TPSA) is 141 Å². The fourth-order valence-corrected chi connectivity index (χ4v) is 3.32. The maximum atomic E-state index is 11.8. The van der Waals surface area contributed by atoms with Crippen LogP contribution in [0.2, 0.25) is 0 Å². The lowest BCUT2D eigenvalue weighted by atomic mass is 10.1. The van der Waals surface area contributed by atoms with E-state index >= 15 is 0 Å². The number of esters is 1. The zero-order valence-corrected chi connectivity index (χ0v) is 21.2. The van der Waals surface area contributed by atoms with Crippen LogP contribution in [0.1, 0.15) is 56.9 Å². The quantitative estimate of drug-likeness (QED) is 0.248. The van der Waals surface area contributed by atoms with Crippen LogP contribution < -0.4 is 5.32 Å². The molecule has 35 heavy (non-hydrogen) atoms. The third-order valence-corrected chi connectivity index (χ3v) is 4.88. The molecular weight excluding hydrogens is 460 g/mol. The van der Waals surface area contributed by atoms with Crippen LogP contribution in [0.15, 0.2) is 12.4 Å². The molecule has 200 valence electrons. The van der Waals surface area contributed by atoms with Gasteiger partial charge in [-0.2, -0.15) is 5.10 Å². The van der Waals surface area contributed by atoms with Gasteiger partial charge < -0.3 is 34.3 Å². The molecule has 2 N–H and O–H groups in total. The van der Waals surface area contributed by atoms with Crippen LogP contribution >= 0.6 is 0 Å². The Morgan fingerprint density at radius 3 is 2.40 bits per heavy atom. The van der Waals surface area contributed by atoms with E-state index in [2.05, 4.69) is 15.3 Å². The maximum Gasteiger partial charge on any atom is 0.407 e. The third-order valence-electron chi connectivity index (χ3n) is 4.88. The summed E-state index contributed by atoms with van der Waals surface area (Å²) in [6.45, 7) is 12.7. The molecule has 12 nitrogen and oxygen atoms in total. The van der Waals surface area contributed by atoms with Gasteiger partial charge in [-0.3, -0.25) is 9.48 Å². The Balaban J connectivity index is 0.00000194.